The number of imidazole rings is 1. The second-order valence-electron chi connectivity index (χ2n) is 5.16. The van der Waals surface area contributed by atoms with E-state index >= 15 is 0 Å². The largest absolute Gasteiger partial charge is 0.356 e. The predicted molar refractivity (Wildman–Crippen MR) is 75.8 cm³/mol. The fourth-order valence-corrected chi connectivity index (χ4v) is 3.67. The van der Waals surface area contributed by atoms with Gasteiger partial charge >= 0.3 is 0 Å². The molecule has 1 saturated heterocycles. The smallest absolute Gasteiger partial charge is 0.203 e. The Balaban J connectivity index is 2.08. The van der Waals surface area contributed by atoms with Crippen LogP contribution in [0.5, 0.6) is 0 Å². The summed E-state index contributed by atoms with van der Waals surface area (Å²) < 4.78 is 2.69. The van der Waals surface area contributed by atoms with Gasteiger partial charge in [0, 0.05) is 24.0 Å². The summed E-state index contributed by atoms with van der Waals surface area (Å²) in [5.74, 6) is 2.35. The van der Waals surface area contributed by atoms with Gasteiger partial charge in [-0.1, -0.05) is 6.92 Å². The van der Waals surface area contributed by atoms with Gasteiger partial charge in [0.1, 0.15) is 0 Å². The molecule has 2 rings (SSSR count). The van der Waals surface area contributed by atoms with Crippen LogP contribution in [0.3, 0.4) is 0 Å². The van der Waals surface area contributed by atoms with Crippen molar-refractivity contribution in [2.45, 2.75) is 51.3 Å². The molecule has 1 fully saturated rings. The molecular formula is C13H23N3S. The van der Waals surface area contributed by atoms with Crippen LogP contribution in [-0.2, 0) is 6.54 Å². The molecule has 1 N–H and O–H groups in total. The van der Waals surface area contributed by atoms with Crippen LogP contribution in [0.4, 0.5) is 5.95 Å². The zero-order valence-electron chi connectivity index (χ0n) is 11.1. The average Bonchev–Trinajstić information content (AvgIpc) is 2.83. The van der Waals surface area contributed by atoms with Crippen LogP contribution in [0.1, 0.15) is 38.8 Å². The van der Waals surface area contributed by atoms with Gasteiger partial charge in [0.2, 0.25) is 5.95 Å². The molecule has 0 saturated carbocycles. The third-order valence-corrected chi connectivity index (χ3v) is 4.76. The van der Waals surface area contributed by atoms with Gasteiger partial charge < -0.3 is 9.88 Å². The Morgan fingerprint density at radius 2 is 2.41 bits per heavy atom. The van der Waals surface area contributed by atoms with E-state index in [1.807, 2.05) is 0 Å². The van der Waals surface area contributed by atoms with Gasteiger partial charge in [0.15, 0.2) is 0 Å². The molecule has 2 heterocycles. The monoisotopic (exact) mass is 253 g/mol. The van der Waals surface area contributed by atoms with Crippen molar-refractivity contribution in [1.29, 1.82) is 0 Å². The fraction of sp³-hybridized carbons (Fsp3) is 0.769. The summed E-state index contributed by atoms with van der Waals surface area (Å²) in [4.78, 5) is 4.56. The van der Waals surface area contributed by atoms with Crippen molar-refractivity contribution in [3.05, 3.63) is 11.9 Å². The molecular weight excluding hydrogens is 230 g/mol. The third-order valence-electron chi connectivity index (χ3n) is 3.24. The van der Waals surface area contributed by atoms with E-state index in [9.17, 15) is 0 Å². The highest BCUT2D eigenvalue weighted by Crippen LogP contribution is 2.39. The van der Waals surface area contributed by atoms with Crippen molar-refractivity contribution >= 4 is 17.7 Å². The highest BCUT2D eigenvalue weighted by molar-refractivity contribution is 8.00. The van der Waals surface area contributed by atoms with Crippen molar-refractivity contribution in [3.63, 3.8) is 0 Å². The number of hydrogen-bond acceptors (Lipinski definition) is 3. The van der Waals surface area contributed by atoms with E-state index in [1.54, 1.807) is 0 Å². The lowest BCUT2D eigenvalue weighted by molar-refractivity contribution is 0.513. The Kier molecular flexibility index (Phi) is 4.02. The summed E-state index contributed by atoms with van der Waals surface area (Å²) in [7, 11) is 0. The summed E-state index contributed by atoms with van der Waals surface area (Å²) in [6.45, 7) is 8.70. The summed E-state index contributed by atoms with van der Waals surface area (Å²) in [5, 5.41) is 3.42. The van der Waals surface area contributed by atoms with Gasteiger partial charge in [-0.3, -0.25) is 0 Å². The molecule has 1 aliphatic rings. The summed E-state index contributed by atoms with van der Waals surface area (Å²) >= 11 is 2.10. The van der Waals surface area contributed by atoms with Gasteiger partial charge in [-0.25, -0.2) is 4.98 Å². The second kappa shape index (κ2) is 5.34. The van der Waals surface area contributed by atoms with Crippen LogP contribution in [0, 0.1) is 6.92 Å². The van der Waals surface area contributed by atoms with Crippen molar-refractivity contribution in [2.24, 2.45) is 0 Å². The normalized spacial score (nSPS) is 24.2. The standard InChI is InChI=1S/C13H23N3S/c1-4-7-14-12-15-11(2)9-16(12)10-13(3)6-5-8-17-13/h9H,4-8,10H2,1-3H3,(H,14,15). The van der Waals surface area contributed by atoms with E-state index < -0.39 is 0 Å². The molecule has 0 aliphatic carbocycles. The maximum absolute atomic E-state index is 4.56. The molecule has 1 aromatic heterocycles. The lowest BCUT2D eigenvalue weighted by Gasteiger charge is -2.24. The Labute approximate surface area is 108 Å². The number of hydrogen-bond donors (Lipinski definition) is 1. The first-order valence-electron chi connectivity index (χ1n) is 6.54. The molecule has 4 heteroatoms. The highest BCUT2D eigenvalue weighted by atomic mass is 32.2. The molecule has 1 atom stereocenters. The minimum atomic E-state index is 0.399. The molecule has 1 aromatic rings. The van der Waals surface area contributed by atoms with Gasteiger partial charge in [0.05, 0.1) is 5.69 Å². The maximum Gasteiger partial charge on any atom is 0.203 e. The average molecular weight is 253 g/mol. The SMILES string of the molecule is CCCNc1nc(C)cn1CC1(C)CCCS1. The molecule has 96 valence electrons. The first-order valence-corrected chi connectivity index (χ1v) is 7.53. The number of aromatic nitrogens is 2. The van der Waals surface area contributed by atoms with Gasteiger partial charge in [-0.05, 0) is 38.9 Å². The third kappa shape index (κ3) is 3.18. The zero-order valence-corrected chi connectivity index (χ0v) is 11.9. The Morgan fingerprint density at radius 1 is 1.59 bits per heavy atom. The molecule has 17 heavy (non-hydrogen) atoms. The number of nitrogens with zero attached hydrogens (tertiary/aromatic N) is 2. The van der Waals surface area contributed by atoms with Gasteiger partial charge in [0.25, 0.3) is 0 Å². The van der Waals surface area contributed by atoms with Crippen LogP contribution in [0.2, 0.25) is 0 Å². The van der Waals surface area contributed by atoms with Crippen LogP contribution >= 0.6 is 11.8 Å². The molecule has 0 radical (unpaired) electrons. The van der Waals surface area contributed by atoms with E-state index in [0.29, 0.717) is 4.75 Å². The van der Waals surface area contributed by atoms with Crippen molar-refractivity contribution in [2.75, 3.05) is 17.6 Å². The first kappa shape index (κ1) is 12.8. The molecule has 0 spiro atoms. The number of aryl methyl sites for hydroxylation is 1. The summed E-state index contributed by atoms with van der Waals surface area (Å²) in [6.07, 6.45) is 5.98. The van der Waals surface area contributed by atoms with Crippen molar-refractivity contribution in [1.82, 2.24) is 9.55 Å². The zero-order chi connectivity index (χ0) is 12.3. The summed E-state index contributed by atoms with van der Waals surface area (Å²) in [6, 6.07) is 0. The number of anilines is 1. The summed E-state index contributed by atoms with van der Waals surface area (Å²) in [5.41, 5.74) is 1.11. The van der Waals surface area contributed by atoms with E-state index in [1.165, 1.54) is 18.6 Å². The number of thioether (sulfide) groups is 1. The molecule has 1 unspecified atom stereocenters. The Hall–Kier alpha value is -0.640. The van der Waals surface area contributed by atoms with Crippen molar-refractivity contribution < 1.29 is 0 Å². The Morgan fingerprint density at radius 3 is 3.06 bits per heavy atom. The lowest BCUT2D eigenvalue weighted by atomic mass is 10.1. The van der Waals surface area contributed by atoms with E-state index in [-0.39, 0.29) is 0 Å². The van der Waals surface area contributed by atoms with Gasteiger partial charge in [-0.2, -0.15) is 11.8 Å². The van der Waals surface area contributed by atoms with Crippen LogP contribution in [-0.4, -0.2) is 26.6 Å². The number of rotatable bonds is 5. The Bertz CT molecular complexity index is 367. The van der Waals surface area contributed by atoms with Crippen molar-refractivity contribution in [3.8, 4) is 0 Å². The second-order valence-corrected chi connectivity index (χ2v) is 6.85. The highest BCUT2D eigenvalue weighted by Gasteiger charge is 2.30. The molecule has 0 bridgehead atoms. The fourth-order valence-electron chi connectivity index (χ4n) is 2.37. The van der Waals surface area contributed by atoms with Gasteiger partial charge in [-0.15, -0.1) is 0 Å². The first-order chi connectivity index (χ1) is 8.13. The van der Waals surface area contributed by atoms with E-state index in [0.717, 1.165) is 31.2 Å². The van der Waals surface area contributed by atoms with E-state index in [4.69, 9.17) is 0 Å². The minimum Gasteiger partial charge on any atom is -0.356 e. The van der Waals surface area contributed by atoms with E-state index in [2.05, 4.69) is 53.6 Å². The number of nitrogens with one attached hydrogen (secondary N) is 1. The minimum absolute atomic E-state index is 0.399. The van der Waals surface area contributed by atoms with Crippen LogP contribution in [0.15, 0.2) is 6.20 Å². The molecule has 0 amide bonds. The lowest BCUT2D eigenvalue weighted by Crippen LogP contribution is -2.24. The molecule has 0 aromatic carbocycles. The predicted octanol–water partition coefficient (Wildman–Crippen LogP) is 3.30. The molecule has 1 aliphatic heterocycles. The molecule has 3 nitrogen and oxygen atoms in total. The maximum atomic E-state index is 4.56. The van der Waals surface area contributed by atoms with Crippen LogP contribution in [0.25, 0.3) is 0 Å². The van der Waals surface area contributed by atoms with Crippen LogP contribution < -0.4 is 5.32 Å². The topological polar surface area (TPSA) is 29.9 Å². The quantitative estimate of drug-likeness (QED) is 0.873.